The Labute approximate surface area is 125 Å². The number of benzene rings is 1. The van der Waals surface area contributed by atoms with Gasteiger partial charge in [0.05, 0.1) is 11.7 Å². The summed E-state index contributed by atoms with van der Waals surface area (Å²) in [6, 6.07) is 4.91. The van der Waals surface area contributed by atoms with Crippen LogP contribution in [0.3, 0.4) is 0 Å². The molecule has 2 atom stereocenters. The Kier molecular flexibility index (Phi) is 5.73. The molecule has 1 aliphatic carbocycles. The molecule has 0 spiro atoms. The Morgan fingerprint density at radius 3 is 2.95 bits per heavy atom. The van der Waals surface area contributed by atoms with Crippen molar-refractivity contribution in [3.8, 4) is 17.6 Å². The molecule has 0 bridgehead atoms. The summed E-state index contributed by atoms with van der Waals surface area (Å²) in [7, 11) is 0. The summed E-state index contributed by atoms with van der Waals surface area (Å²) in [6.07, 6.45) is 5.35. The maximum Gasteiger partial charge on any atom is 0.142 e. The molecule has 1 saturated carbocycles. The average molecular weight is 295 g/mol. The fourth-order valence-corrected chi connectivity index (χ4v) is 2.65. The van der Waals surface area contributed by atoms with Gasteiger partial charge < -0.3 is 4.74 Å². The highest BCUT2D eigenvalue weighted by Crippen LogP contribution is 2.28. The van der Waals surface area contributed by atoms with Gasteiger partial charge in [-0.15, -0.1) is 11.6 Å². The van der Waals surface area contributed by atoms with Gasteiger partial charge in [-0.1, -0.05) is 25.2 Å². The van der Waals surface area contributed by atoms with Crippen LogP contribution in [0.2, 0.25) is 0 Å². The van der Waals surface area contributed by atoms with E-state index in [1.165, 1.54) is 18.9 Å². The van der Waals surface area contributed by atoms with Gasteiger partial charge >= 0.3 is 0 Å². The Morgan fingerprint density at radius 1 is 1.40 bits per heavy atom. The molecule has 2 unspecified atom stereocenters. The summed E-state index contributed by atoms with van der Waals surface area (Å²) in [4.78, 5) is 0. The second kappa shape index (κ2) is 7.55. The number of ether oxygens (including phenoxy) is 1. The topological polar surface area (TPSA) is 9.23 Å². The van der Waals surface area contributed by atoms with Gasteiger partial charge in [-0.2, -0.15) is 0 Å². The summed E-state index contributed by atoms with van der Waals surface area (Å²) >= 11 is 5.54. The summed E-state index contributed by atoms with van der Waals surface area (Å²) in [5, 5.41) is 0. The predicted molar refractivity (Wildman–Crippen MR) is 80.7 cm³/mol. The Morgan fingerprint density at radius 2 is 2.25 bits per heavy atom. The molecule has 0 N–H and O–H groups in total. The number of alkyl halides is 1. The second-order valence-electron chi connectivity index (χ2n) is 5.39. The van der Waals surface area contributed by atoms with E-state index in [4.69, 9.17) is 16.3 Å². The van der Waals surface area contributed by atoms with E-state index < -0.39 is 0 Å². The zero-order chi connectivity index (χ0) is 14.4. The highest BCUT2D eigenvalue weighted by atomic mass is 35.5. The lowest BCUT2D eigenvalue weighted by atomic mass is 9.89. The first-order valence-corrected chi connectivity index (χ1v) is 7.73. The van der Waals surface area contributed by atoms with Crippen LogP contribution in [0.15, 0.2) is 18.2 Å². The van der Waals surface area contributed by atoms with E-state index in [1.54, 1.807) is 12.1 Å². The number of halogens is 2. The molecule has 1 fully saturated rings. The van der Waals surface area contributed by atoms with Gasteiger partial charge in [-0.05, 0) is 37.3 Å². The van der Waals surface area contributed by atoms with E-state index in [-0.39, 0.29) is 11.9 Å². The smallest absolute Gasteiger partial charge is 0.142 e. The van der Waals surface area contributed by atoms with Crippen molar-refractivity contribution in [2.45, 2.75) is 45.1 Å². The monoisotopic (exact) mass is 294 g/mol. The Balaban J connectivity index is 2.00. The Hall–Kier alpha value is -1.20. The van der Waals surface area contributed by atoms with Gasteiger partial charge in [-0.25, -0.2) is 4.39 Å². The second-order valence-corrected chi connectivity index (χ2v) is 5.77. The van der Waals surface area contributed by atoms with Crippen molar-refractivity contribution in [3.63, 3.8) is 0 Å². The van der Waals surface area contributed by atoms with Crippen LogP contribution in [0, 0.1) is 23.6 Å². The minimum atomic E-state index is -0.326. The van der Waals surface area contributed by atoms with E-state index >= 15 is 0 Å². The van der Waals surface area contributed by atoms with Crippen LogP contribution in [0.1, 0.15) is 44.6 Å². The SMILES string of the molecule is CC1CCCC(Oc2ccc(C#CCCCl)c(F)c2)C1. The molecule has 1 aliphatic rings. The van der Waals surface area contributed by atoms with Crippen molar-refractivity contribution in [2.75, 3.05) is 5.88 Å². The maximum absolute atomic E-state index is 13.9. The molecular weight excluding hydrogens is 275 g/mol. The van der Waals surface area contributed by atoms with Crippen LogP contribution in [-0.4, -0.2) is 12.0 Å². The molecule has 0 amide bonds. The van der Waals surface area contributed by atoms with Crippen molar-refractivity contribution >= 4 is 11.6 Å². The predicted octanol–water partition coefficient (Wildman–Crippen LogP) is 4.76. The lowest BCUT2D eigenvalue weighted by Gasteiger charge is -2.27. The first-order valence-electron chi connectivity index (χ1n) is 7.20. The van der Waals surface area contributed by atoms with Crippen LogP contribution < -0.4 is 4.74 Å². The first-order chi connectivity index (χ1) is 9.69. The summed E-state index contributed by atoms with van der Waals surface area (Å²) in [6.45, 7) is 2.24. The minimum absolute atomic E-state index is 0.214. The van der Waals surface area contributed by atoms with E-state index in [1.807, 2.05) is 0 Å². The van der Waals surface area contributed by atoms with E-state index in [2.05, 4.69) is 18.8 Å². The highest BCUT2D eigenvalue weighted by Gasteiger charge is 2.20. The fraction of sp³-hybridized carbons (Fsp3) is 0.529. The van der Waals surface area contributed by atoms with Gasteiger partial charge in [0.15, 0.2) is 0 Å². The lowest BCUT2D eigenvalue weighted by Crippen LogP contribution is -2.24. The number of hydrogen-bond acceptors (Lipinski definition) is 1. The third kappa shape index (κ3) is 4.42. The lowest BCUT2D eigenvalue weighted by molar-refractivity contribution is 0.129. The van der Waals surface area contributed by atoms with Crippen LogP contribution in [0.4, 0.5) is 4.39 Å². The van der Waals surface area contributed by atoms with Crippen molar-refractivity contribution in [2.24, 2.45) is 5.92 Å². The largest absolute Gasteiger partial charge is 0.490 e. The fourth-order valence-electron chi connectivity index (χ4n) is 2.55. The molecule has 1 nitrogen and oxygen atoms in total. The highest BCUT2D eigenvalue weighted by molar-refractivity contribution is 6.18. The summed E-state index contributed by atoms with van der Waals surface area (Å²) < 4.78 is 19.8. The molecule has 0 aliphatic heterocycles. The summed E-state index contributed by atoms with van der Waals surface area (Å²) in [5.41, 5.74) is 0.402. The van der Waals surface area contributed by atoms with Crippen LogP contribution in [0.25, 0.3) is 0 Å². The molecule has 0 aromatic heterocycles. The van der Waals surface area contributed by atoms with E-state index in [0.717, 1.165) is 12.8 Å². The molecular formula is C17H20ClFO. The van der Waals surface area contributed by atoms with Crippen LogP contribution in [-0.2, 0) is 0 Å². The maximum atomic E-state index is 13.9. The Bertz CT molecular complexity index is 503. The third-order valence-corrected chi connectivity index (χ3v) is 3.76. The normalized spacial score (nSPS) is 21.9. The van der Waals surface area contributed by atoms with Crippen molar-refractivity contribution in [1.29, 1.82) is 0 Å². The van der Waals surface area contributed by atoms with Crippen molar-refractivity contribution in [3.05, 3.63) is 29.6 Å². The number of rotatable bonds is 3. The molecule has 1 aromatic rings. The van der Waals surface area contributed by atoms with Gasteiger partial charge in [0.25, 0.3) is 0 Å². The van der Waals surface area contributed by atoms with Gasteiger partial charge in [0, 0.05) is 18.4 Å². The molecule has 3 heteroatoms. The minimum Gasteiger partial charge on any atom is -0.490 e. The van der Waals surface area contributed by atoms with Crippen LogP contribution in [0.5, 0.6) is 5.75 Å². The standard InChI is InChI=1S/C17H20ClFO/c1-13-5-4-7-15(11-13)20-16-9-8-14(17(19)12-16)6-2-3-10-18/h8-9,12-13,15H,3-5,7,10-11H2,1H3. The molecule has 108 valence electrons. The van der Waals surface area contributed by atoms with Crippen LogP contribution >= 0.6 is 11.6 Å². The molecule has 2 rings (SSSR count). The molecule has 1 aromatic carbocycles. The van der Waals surface area contributed by atoms with E-state index in [0.29, 0.717) is 29.5 Å². The van der Waals surface area contributed by atoms with Gasteiger partial charge in [-0.3, -0.25) is 0 Å². The molecule has 0 radical (unpaired) electrons. The molecule has 0 heterocycles. The zero-order valence-electron chi connectivity index (χ0n) is 11.8. The third-order valence-electron chi connectivity index (χ3n) is 3.57. The van der Waals surface area contributed by atoms with E-state index in [9.17, 15) is 4.39 Å². The average Bonchev–Trinajstić information content (AvgIpc) is 2.41. The van der Waals surface area contributed by atoms with Crippen molar-refractivity contribution in [1.82, 2.24) is 0 Å². The first kappa shape index (κ1) is 15.2. The zero-order valence-corrected chi connectivity index (χ0v) is 12.5. The molecule has 20 heavy (non-hydrogen) atoms. The number of hydrogen-bond donors (Lipinski definition) is 0. The molecule has 0 saturated heterocycles. The van der Waals surface area contributed by atoms with Crippen molar-refractivity contribution < 1.29 is 9.13 Å². The quantitative estimate of drug-likeness (QED) is 0.577. The summed E-state index contributed by atoms with van der Waals surface area (Å²) in [5.74, 6) is 7.06. The van der Waals surface area contributed by atoms with Gasteiger partial charge in [0.2, 0.25) is 0 Å². The van der Waals surface area contributed by atoms with Gasteiger partial charge in [0.1, 0.15) is 11.6 Å².